The van der Waals surface area contributed by atoms with Crippen molar-refractivity contribution in [3.05, 3.63) is 11.7 Å². The molecule has 2 rings (SSSR count). The second kappa shape index (κ2) is 2.80. The molecular formula is C9H15N3O. The summed E-state index contributed by atoms with van der Waals surface area (Å²) in [7, 11) is 0. The summed E-state index contributed by atoms with van der Waals surface area (Å²) in [4.78, 5) is 4.26. The van der Waals surface area contributed by atoms with Gasteiger partial charge in [-0.2, -0.15) is 4.98 Å². The van der Waals surface area contributed by atoms with Crippen molar-refractivity contribution in [2.75, 3.05) is 0 Å². The van der Waals surface area contributed by atoms with E-state index in [-0.39, 0.29) is 5.54 Å². The Morgan fingerprint density at radius 1 is 1.46 bits per heavy atom. The lowest BCUT2D eigenvalue weighted by Gasteiger charge is -2.15. The summed E-state index contributed by atoms with van der Waals surface area (Å²) in [5, 5.41) is 7.27. The molecule has 1 N–H and O–H groups in total. The Balaban J connectivity index is 2.16. The molecule has 1 aromatic rings. The standard InChI is InChI=1S/C9H15N3O/c1-6(2)11-9(4-5-9)8-10-7(3)12-13-8/h6,11H,4-5H2,1-3H3. The van der Waals surface area contributed by atoms with Gasteiger partial charge in [-0.3, -0.25) is 0 Å². The average Bonchev–Trinajstić information content (AvgIpc) is 2.65. The summed E-state index contributed by atoms with van der Waals surface area (Å²) in [6, 6.07) is 0.453. The lowest BCUT2D eigenvalue weighted by Crippen LogP contribution is -2.34. The van der Waals surface area contributed by atoms with Crippen LogP contribution >= 0.6 is 0 Å². The van der Waals surface area contributed by atoms with Crippen LogP contribution in [0.15, 0.2) is 4.52 Å². The van der Waals surface area contributed by atoms with Crippen LogP contribution in [0.25, 0.3) is 0 Å². The molecule has 4 nitrogen and oxygen atoms in total. The number of nitrogens with zero attached hydrogens (tertiary/aromatic N) is 2. The molecular weight excluding hydrogens is 166 g/mol. The Bertz CT molecular complexity index is 302. The van der Waals surface area contributed by atoms with Crippen LogP contribution in [-0.2, 0) is 5.54 Å². The maximum atomic E-state index is 5.17. The fourth-order valence-electron chi connectivity index (χ4n) is 1.59. The summed E-state index contributed by atoms with van der Waals surface area (Å²) < 4.78 is 5.17. The van der Waals surface area contributed by atoms with Crippen LogP contribution in [0.3, 0.4) is 0 Å². The lowest BCUT2D eigenvalue weighted by atomic mass is 10.2. The van der Waals surface area contributed by atoms with Crippen molar-refractivity contribution in [1.82, 2.24) is 15.5 Å². The van der Waals surface area contributed by atoms with E-state index in [1.807, 2.05) is 6.92 Å². The van der Waals surface area contributed by atoms with Crippen molar-refractivity contribution in [3.63, 3.8) is 0 Å². The normalized spacial score (nSPS) is 19.4. The summed E-state index contributed by atoms with van der Waals surface area (Å²) in [5.41, 5.74) is -0.00454. The van der Waals surface area contributed by atoms with E-state index in [9.17, 15) is 0 Å². The SMILES string of the molecule is Cc1noc(C2(NC(C)C)CC2)n1. The predicted molar refractivity (Wildman–Crippen MR) is 48.2 cm³/mol. The van der Waals surface area contributed by atoms with Gasteiger partial charge in [-0.05, 0) is 33.6 Å². The second-order valence-electron chi connectivity index (χ2n) is 4.03. The molecule has 0 radical (unpaired) electrons. The summed E-state index contributed by atoms with van der Waals surface area (Å²) in [6.45, 7) is 6.10. The summed E-state index contributed by atoms with van der Waals surface area (Å²) in [6.07, 6.45) is 2.21. The Morgan fingerprint density at radius 3 is 2.54 bits per heavy atom. The smallest absolute Gasteiger partial charge is 0.246 e. The van der Waals surface area contributed by atoms with Gasteiger partial charge in [-0.25, -0.2) is 0 Å². The number of hydrogen-bond acceptors (Lipinski definition) is 4. The first-order valence-electron chi connectivity index (χ1n) is 4.71. The molecule has 0 spiro atoms. The first-order valence-corrected chi connectivity index (χ1v) is 4.71. The quantitative estimate of drug-likeness (QED) is 0.765. The highest BCUT2D eigenvalue weighted by Crippen LogP contribution is 2.44. The van der Waals surface area contributed by atoms with Crippen LogP contribution in [0, 0.1) is 6.92 Å². The van der Waals surface area contributed by atoms with Crippen molar-refractivity contribution in [1.29, 1.82) is 0 Å². The average molecular weight is 181 g/mol. The molecule has 0 unspecified atom stereocenters. The summed E-state index contributed by atoms with van der Waals surface area (Å²) in [5.74, 6) is 1.46. The monoisotopic (exact) mass is 181 g/mol. The molecule has 0 atom stereocenters. The molecule has 0 bridgehead atoms. The highest BCUT2D eigenvalue weighted by Gasteiger charge is 2.49. The predicted octanol–water partition coefficient (Wildman–Crippen LogP) is 1.37. The maximum Gasteiger partial charge on any atom is 0.246 e. The third-order valence-corrected chi connectivity index (χ3v) is 2.25. The number of rotatable bonds is 3. The molecule has 1 fully saturated rings. The number of aromatic nitrogens is 2. The van der Waals surface area contributed by atoms with Crippen LogP contribution in [-0.4, -0.2) is 16.2 Å². The van der Waals surface area contributed by atoms with Gasteiger partial charge in [0.1, 0.15) is 0 Å². The molecule has 0 aliphatic heterocycles. The topological polar surface area (TPSA) is 51.0 Å². The van der Waals surface area contributed by atoms with E-state index >= 15 is 0 Å². The minimum Gasteiger partial charge on any atom is -0.337 e. The molecule has 0 amide bonds. The van der Waals surface area contributed by atoms with Crippen molar-refractivity contribution in [3.8, 4) is 0 Å². The second-order valence-corrected chi connectivity index (χ2v) is 4.03. The molecule has 4 heteroatoms. The Morgan fingerprint density at radius 2 is 2.15 bits per heavy atom. The third kappa shape index (κ3) is 1.58. The van der Waals surface area contributed by atoms with Crippen LogP contribution < -0.4 is 5.32 Å². The number of aryl methyl sites for hydroxylation is 1. The molecule has 0 saturated heterocycles. The zero-order valence-corrected chi connectivity index (χ0v) is 8.29. The molecule has 1 heterocycles. The Kier molecular flexibility index (Phi) is 1.87. The van der Waals surface area contributed by atoms with Gasteiger partial charge in [-0.1, -0.05) is 5.16 Å². The zero-order valence-electron chi connectivity index (χ0n) is 8.29. The van der Waals surface area contributed by atoms with Crippen molar-refractivity contribution in [2.24, 2.45) is 0 Å². The van der Waals surface area contributed by atoms with Gasteiger partial charge in [0.2, 0.25) is 5.89 Å². The van der Waals surface area contributed by atoms with Crippen LogP contribution in [0.1, 0.15) is 38.4 Å². The molecule has 1 saturated carbocycles. The fraction of sp³-hybridized carbons (Fsp3) is 0.778. The largest absolute Gasteiger partial charge is 0.337 e. The van der Waals surface area contributed by atoms with Crippen molar-refractivity contribution in [2.45, 2.75) is 45.2 Å². The first kappa shape index (κ1) is 8.69. The van der Waals surface area contributed by atoms with E-state index in [0.717, 1.165) is 18.7 Å². The summed E-state index contributed by atoms with van der Waals surface area (Å²) >= 11 is 0. The van der Waals surface area contributed by atoms with E-state index < -0.39 is 0 Å². The molecule has 0 aromatic carbocycles. The maximum absolute atomic E-state index is 5.17. The van der Waals surface area contributed by atoms with Gasteiger partial charge in [0.25, 0.3) is 0 Å². The van der Waals surface area contributed by atoms with E-state index in [1.165, 1.54) is 0 Å². The van der Waals surface area contributed by atoms with E-state index in [2.05, 4.69) is 29.3 Å². The number of nitrogens with one attached hydrogen (secondary N) is 1. The van der Waals surface area contributed by atoms with Crippen molar-refractivity contribution >= 4 is 0 Å². The van der Waals surface area contributed by atoms with Gasteiger partial charge in [-0.15, -0.1) is 0 Å². The Labute approximate surface area is 77.7 Å². The van der Waals surface area contributed by atoms with Crippen molar-refractivity contribution < 1.29 is 4.52 Å². The molecule has 1 aromatic heterocycles. The molecule has 1 aliphatic rings. The van der Waals surface area contributed by atoms with Gasteiger partial charge in [0.05, 0.1) is 5.54 Å². The van der Waals surface area contributed by atoms with E-state index in [4.69, 9.17) is 4.52 Å². The molecule has 72 valence electrons. The van der Waals surface area contributed by atoms with E-state index in [0.29, 0.717) is 11.9 Å². The lowest BCUT2D eigenvalue weighted by molar-refractivity contribution is 0.305. The first-order chi connectivity index (χ1) is 6.12. The fourth-order valence-corrected chi connectivity index (χ4v) is 1.59. The minimum atomic E-state index is -0.00454. The van der Waals surface area contributed by atoms with Gasteiger partial charge in [0.15, 0.2) is 5.82 Å². The van der Waals surface area contributed by atoms with Crippen LogP contribution in [0.2, 0.25) is 0 Å². The zero-order chi connectivity index (χ0) is 9.47. The highest BCUT2D eigenvalue weighted by molar-refractivity contribution is 5.13. The third-order valence-electron chi connectivity index (χ3n) is 2.25. The highest BCUT2D eigenvalue weighted by atomic mass is 16.5. The van der Waals surface area contributed by atoms with Crippen LogP contribution in [0.5, 0.6) is 0 Å². The van der Waals surface area contributed by atoms with Crippen LogP contribution in [0.4, 0.5) is 0 Å². The molecule has 13 heavy (non-hydrogen) atoms. The number of hydrogen-bond donors (Lipinski definition) is 1. The van der Waals surface area contributed by atoms with Gasteiger partial charge in [0, 0.05) is 6.04 Å². The Hall–Kier alpha value is -0.900. The van der Waals surface area contributed by atoms with Gasteiger partial charge >= 0.3 is 0 Å². The van der Waals surface area contributed by atoms with E-state index in [1.54, 1.807) is 0 Å². The molecule has 1 aliphatic carbocycles. The minimum absolute atomic E-state index is 0.00454. The van der Waals surface area contributed by atoms with Gasteiger partial charge < -0.3 is 9.84 Å².